The molecule has 2 atom stereocenters. The fourth-order valence-corrected chi connectivity index (χ4v) is 9.85. The summed E-state index contributed by atoms with van der Waals surface area (Å²) in [5, 5.41) is 0. The first-order valence-corrected chi connectivity index (χ1v) is 16.6. The molecule has 0 aromatic heterocycles. The van der Waals surface area contributed by atoms with E-state index < -0.39 is 0 Å². The molecular formula is C25H52O2P2. The number of rotatable bonds is 18. The van der Waals surface area contributed by atoms with Gasteiger partial charge in [-0.3, -0.25) is 0 Å². The maximum absolute atomic E-state index is 6.41. The van der Waals surface area contributed by atoms with Crippen LogP contribution in [-0.4, -0.2) is 55.0 Å². The third kappa shape index (κ3) is 12.4. The summed E-state index contributed by atoms with van der Waals surface area (Å²) in [5.41, 5.74) is 0. The van der Waals surface area contributed by atoms with Crippen molar-refractivity contribution in [3.63, 3.8) is 0 Å². The minimum absolute atomic E-state index is 0.192. The highest BCUT2D eigenvalue weighted by atomic mass is 31.1. The van der Waals surface area contributed by atoms with Crippen LogP contribution in [0.4, 0.5) is 0 Å². The third-order valence-electron chi connectivity index (χ3n) is 6.06. The Morgan fingerprint density at radius 1 is 0.552 bits per heavy atom. The lowest BCUT2D eigenvalue weighted by Gasteiger charge is -2.23. The van der Waals surface area contributed by atoms with Gasteiger partial charge in [-0.05, 0) is 89.3 Å². The fraction of sp³-hybridized carbons (Fsp3) is 1.00. The lowest BCUT2D eigenvalue weighted by Crippen LogP contribution is -2.25. The van der Waals surface area contributed by atoms with Crippen molar-refractivity contribution in [2.75, 3.05) is 37.0 Å². The molecule has 0 saturated carbocycles. The molecule has 2 nitrogen and oxygen atoms in total. The second kappa shape index (κ2) is 16.4. The normalized spacial score (nSPS) is 21.5. The Morgan fingerprint density at radius 2 is 0.862 bits per heavy atom. The summed E-state index contributed by atoms with van der Waals surface area (Å²) < 4.78 is 12.8. The molecule has 1 rings (SSSR count). The Morgan fingerprint density at radius 3 is 1.14 bits per heavy atom. The van der Waals surface area contributed by atoms with Crippen molar-refractivity contribution in [1.82, 2.24) is 0 Å². The van der Waals surface area contributed by atoms with Gasteiger partial charge in [0, 0.05) is 0 Å². The van der Waals surface area contributed by atoms with Crippen LogP contribution in [-0.2, 0) is 9.47 Å². The van der Waals surface area contributed by atoms with Gasteiger partial charge in [-0.25, -0.2) is 0 Å². The van der Waals surface area contributed by atoms with E-state index in [1.165, 1.54) is 101 Å². The van der Waals surface area contributed by atoms with Crippen molar-refractivity contribution in [2.24, 2.45) is 0 Å². The van der Waals surface area contributed by atoms with E-state index in [1.807, 2.05) is 0 Å². The summed E-state index contributed by atoms with van der Waals surface area (Å²) >= 11 is 0. The monoisotopic (exact) mass is 446 g/mol. The highest BCUT2D eigenvalue weighted by molar-refractivity contribution is 7.57. The van der Waals surface area contributed by atoms with Gasteiger partial charge in [0.2, 0.25) is 0 Å². The summed E-state index contributed by atoms with van der Waals surface area (Å²) in [5.74, 6) is -0.388. The van der Waals surface area contributed by atoms with Gasteiger partial charge < -0.3 is 9.47 Å². The van der Waals surface area contributed by atoms with E-state index in [0.29, 0.717) is 12.2 Å². The summed E-state index contributed by atoms with van der Waals surface area (Å²) in [7, 11) is 0.384. The predicted molar refractivity (Wildman–Crippen MR) is 136 cm³/mol. The Hall–Kier alpha value is 0.780. The maximum Gasteiger partial charge on any atom is 0.163 e. The fourth-order valence-electron chi connectivity index (χ4n) is 4.22. The molecule has 2 unspecified atom stereocenters. The van der Waals surface area contributed by atoms with Crippen LogP contribution in [0.5, 0.6) is 0 Å². The lowest BCUT2D eigenvalue weighted by molar-refractivity contribution is -0.146. The summed E-state index contributed by atoms with van der Waals surface area (Å²) in [4.78, 5) is 0. The van der Waals surface area contributed by atoms with Crippen LogP contribution < -0.4 is 0 Å². The Bertz CT molecular complexity index is 339. The van der Waals surface area contributed by atoms with Crippen LogP contribution in [0.15, 0.2) is 0 Å². The maximum atomic E-state index is 6.41. The van der Waals surface area contributed by atoms with Crippen molar-refractivity contribution < 1.29 is 9.47 Å². The number of ether oxygens (including phenoxy) is 2. The van der Waals surface area contributed by atoms with Crippen LogP contribution in [0.2, 0.25) is 0 Å². The molecule has 4 heteroatoms. The van der Waals surface area contributed by atoms with E-state index in [4.69, 9.17) is 9.47 Å². The zero-order valence-corrected chi connectivity index (χ0v) is 22.5. The van der Waals surface area contributed by atoms with E-state index in [1.54, 1.807) is 0 Å². The zero-order chi connectivity index (χ0) is 21.5. The van der Waals surface area contributed by atoms with Gasteiger partial charge in [0.25, 0.3) is 0 Å². The van der Waals surface area contributed by atoms with E-state index >= 15 is 0 Å². The average molecular weight is 447 g/mol. The van der Waals surface area contributed by atoms with Gasteiger partial charge >= 0.3 is 0 Å². The number of unbranched alkanes of at least 4 members (excludes halogenated alkanes) is 4. The molecule has 0 bridgehead atoms. The van der Waals surface area contributed by atoms with Gasteiger partial charge in [0.1, 0.15) is 0 Å². The van der Waals surface area contributed by atoms with E-state index in [0.717, 1.165) is 0 Å². The van der Waals surface area contributed by atoms with Crippen molar-refractivity contribution in [3.8, 4) is 0 Å². The molecule has 0 N–H and O–H groups in total. The van der Waals surface area contributed by atoms with Crippen molar-refractivity contribution in [3.05, 3.63) is 0 Å². The Labute approximate surface area is 186 Å². The molecule has 1 aliphatic heterocycles. The SMILES string of the molecule is CCCCP(CCCC)CCC1OC(C)(C)OC1CCP(CCCC)CCCC. The van der Waals surface area contributed by atoms with Crippen molar-refractivity contribution in [2.45, 2.75) is 124 Å². The quantitative estimate of drug-likeness (QED) is 0.197. The lowest BCUT2D eigenvalue weighted by atomic mass is 10.1. The average Bonchev–Trinajstić information content (AvgIpc) is 3.00. The molecule has 0 aromatic carbocycles. The van der Waals surface area contributed by atoms with Gasteiger partial charge in [0.15, 0.2) is 5.79 Å². The van der Waals surface area contributed by atoms with Crippen LogP contribution in [0.25, 0.3) is 0 Å². The topological polar surface area (TPSA) is 18.5 Å². The van der Waals surface area contributed by atoms with Crippen LogP contribution in [0.1, 0.15) is 106 Å². The first kappa shape index (κ1) is 27.8. The van der Waals surface area contributed by atoms with Gasteiger partial charge in [-0.15, -0.1) is 15.8 Å². The summed E-state index contributed by atoms with van der Waals surface area (Å²) in [6, 6.07) is 0. The Kier molecular flexibility index (Phi) is 15.7. The minimum atomic E-state index is -0.388. The highest BCUT2D eigenvalue weighted by Crippen LogP contribution is 2.43. The molecule has 1 aliphatic rings. The molecule has 0 radical (unpaired) electrons. The molecule has 1 heterocycles. The largest absolute Gasteiger partial charge is 0.345 e. The molecule has 0 amide bonds. The van der Waals surface area contributed by atoms with Crippen molar-refractivity contribution >= 4 is 15.8 Å². The summed E-state index contributed by atoms with van der Waals surface area (Å²) in [6.07, 6.45) is 22.7. The van der Waals surface area contributed by atoms with Gasteiger partial charge in [-0.2, -0.15) is 0 Å². The second-order valence-electron chi connectivity index (χ2n) is 9.39. The second-order valence-corrected chi connectivity index (χ2v) is 14.8. The zero-order valence-electron chi connectivity index (χ0n) is 20.7. The standard InChI is InChI=1S/C25H52O2P2/c1-7-11-17-28(18-12-8-2)21-15-23-24(27-25(5,6)26-23)16-22-29(19-13-9-3)20-14-10-4/h23-24H,7-22H2,1-6H3. The van der Waals surface area contributed by atoms with Gasteiger partial charge in [0.05, 0.1) is 12.2 Å². The van der Waals surface area contributed by atoms with Crippen LogP contribution in [0, 0.1) is 0 Å². The first-order chi connectivity index (χ1) is 14.0. The van der Waals surface area contributed by atoms with E-state index in [2.05, 4.69) is 41.5 Å². The molecule has 0 aromatic rings. The Balaban J connectivity index is 2.57. The van der Waals surface area contributed by atoms with E-state index in [-0.39, 0.29) is 21.6 Å². The molecule has 29 heavy (non-hydrogen) atoms. The molecular weight excluding hydrogens is 394 g/mol. The molecule has 0 spiro atoms. The predicted octanol–water partition coefficient (Wildman–Crippen LogP) is 8.45. The minimum Gasteiger partial charge on any atom is -0.345 e. The van der Waals surface area contributed by atoms with E-state index in [9.17, 15) is 0 Å². The summed E-state index contributed by atoms with van der Waals surface area (Å²) in [6.45, 7) is 13.6. The number of hydrogen-bond donors (Lipinski definition) is 0. The smallest absolute Gasteiger partial charge is 0.163 e. The van der Waals surface area contributed by atoms with Gasteiger partial charge in [-0.1, -0.05) is 53.4 Å². The van der Waals surface area contributed by atoms with Crippen LogP contribution >= 0.6 is 15.8 Å². The molecule has 174 valence electrons. The van der Waals surface area contributed by atoms with Crippen molar-refractivity contribution in [1.29, 1.82) is 0 Å². The van der Waals surface area contributed by atoms with Crippen LogP contribution in [0.3, 0.4) is 0 Å². The third-order valence-corrected chi connectivity index (χ3v) is 11.6. The molecule has 0 aliphatic carbocycles. The highest BCUT2D eigenvalue weighted by Gasteiger charge is 2.40. The first-order valence-electron chi connectivity index (χ1n) is 12.8. The molecule has 1 saturated heterocycles. The molecule has 1 fully saturated rings. The number of hydrogen-bond acceptors (Lipinski definition) is 2.